The second-order valence-corrected chi connectivity index (χ2v) is 7.68. The van der Waals surface area contributed by atoms with Gasteiger partial charge in [-0.05, 0) is 32.6 Å². The zero-order valence-electron chi connectivity index (χ0n) is 17.0. The molecule has 1 fully saturated rings. The minimum absolute atomic E-state index is 0.0295. The molecule has 4 rings (SSSR count). The van der Waals surface area contributed by atoms with Crippen molar-refractivity contribution in [2.24, 2.45) is 0 Å². The summed E-state index contributed by atoms with van der Waals surface area (Å²) in [6, 6.07) is 1.96. The summed E-state index contributed by atoms with van der Waals surface area (Å²) >= 11 is 0. The Labute approximate surface area is 168 Å². The second-order valence-electron chi connectivity index (χ2n) is 7.68. The number of likely N-dealkylation sites (tertiary alicyclic amines) is 1. The number of hydrogen-bond donors (Lipinski definition) is 1. The van der Waals surface area contributed by atoms with Crippen molar-refractivity contribution < 1.29 is 4.79 Å². The SMILES string of the molecule is CCc1c(C)nc2cc(C3CCCN(C(=O)CCCn4cncn4)C3)[nH]n2c1=O. The Morgan fingerprint density at radius 2 is 2.24 bits per heavy atom. The molecule has 4 heterocycles. The average Bonchev–Trinajstić information content (AvgIpc) is 3.38. The molecule has 0 aliphatic carbocycles. The van der Waals surface area contributed by atoms with E-state index in [2.05, 4.69) is 20.2 Å². The Hall–Kier alpha value is -2.97. The number of rotatable bonds is 6. The number of hydrogen-bond acceptors (Lipinski definition) is 5. The third-order valence-electron chi connectivity index (χ3n) is 5.75. The van der Waals surface area contributed by atoms with Crippen molar-refractivity contribution in [3.8, 4) is 0 Å². The molecule has 1 aliphatic rings. The maximum Gasteiger partial charge on any atom is 0.276 e. The lowest BCUT2D eigenvalue weighted by molar-refractivity contribution is -0.132. The molecule has 0 spiro atoms. The predicted octanol–water partition coefficient (Wildman–Crippen LogP) is 1.67. The molecule has 0 saturated carbocycles. The molecule has 0 radical (unpaired) electrons. The number of nitrogens with zero attached hydrogens (tertiary/aromatic N) is 6. The molecular weight excluding hydrogens is 370 g/mol. The number of aromatic amines is 1. The van der Waals surface area contributed by atoms with Gasteiger partial charge in [0.1, 0.15) is 12.7 Å². The number of nitrogens with one attached hydrogen (secondary N) is 1. The van der Waals surface area contributed by atoms with Gasteiger partial charge in [-0.3, -0.25) is 19.4 Å². The fourth-order valence-corrected chi connectivity index (χ4v) is 4.16. The third-order valence-corrected chi connectivity index (χ3v) is 5.75. The quantitative estimate of drug-likeness (QED) is 0.682. The fourth-order valence-electron chi connectivity index (χ4n) is 4.16. The maximum atomic E-state index is 12.7. The van der Waals surface area contributed by atoms with E-state index in [1.165, 1.54) is 6.33 Å². The standard InChI is InChI=1S/C20H27N7O2/c1-3-16-14(2)23-18-10-17(24-27(18)20(16)29)15-6-4-8-25(11-15)19(28)7-5-9-26-13-21-12-22-26/h10,12-13,15,24H,3-9,11H2,1-2H3. The van der Waals surface area contributed by atoms with Crippen molar-refractivity contribution in [3.05, 3.63) is 46.0 Å². The van der Waals surface area contributed by atoms with Crippen LogP contribution in [0.4, 0.5) is 0 Å². The van der Waals surface area contributed by atoms with Gasteiger partial charge in [0.2, 0.25) is 5.91 Å². The summed E-state index contributed by atoms with van der Waals surface area (Å²) in [6.45, 7) is 6.00. The topological polar surface area (TPSA) is 101 Å². The lowest BCUT2D eigenvalue weighted by atomic mass is 9.94. The Kier molecular flexibility index (Phi) is 5.46. The largest absolute Gasteiger partial charge is 0.342 e. The molecule has 1 atom stereocenters. The monoisotopic (exact) mass is 397 g/mol. The fraction of sp³-hybridized carbons (Fsp3) is 0.550. The van der Waals surface area contributed by atoms with Gasteiger partial charge in [0.25, 0.3) is 5.56 Å². The molecule has 9 nitrogen and oxygen atoms in total. The van der Waals surface area contributed by atoms with E-state index in [1.54, 1.807) is 15.5 Å². The average molecular weight is 397 g/mol. The Morgan fingerprint density at radius 1 is 1.38 bits per heavy atom. The van der Waals surface area contributed by atoms with Crippen LogP contribution in [0.5, 0.6) is 0 Å². The Bertz CT molecular complexity index is 1050. The highest BCUT2D eigenvalue weighted by molar-refractivity contribution is 5.76. The number of aryl methyl sites for hydroxylation is 2. The van der Waals surface area contributed by atoms with Crippen molar-refractivity contribution in [1.29, 1.82) is 0 Å². The van der Waals surface area contributed by atoms with Gasteiger partial charge in [0.05, 0.1) is 0 Å². The van der Waals surface area contributed by atoms with Gasteiger partial charge in [0, 0.05) is 55.0 Å². The minimum Gasteiger partial charge on any atom is -0.342 e. The lowest BCUT2D eigenvalue weighted by Gasteiger charge is -2.32. The van der Waals surface area contributed by atoms with E-state index < -0.39 is 0 Å². The number of fused-ring (bicyclic) bond motifs is 1. The van der Waals surface area contributed by atoms with Gasteiger partial charge in [-0.15, -0.1) is 0 Å². The van der Waals surface area contributed by atoms with Crippen LogP contribution >= 0.6 is 0 Å². The molecule has 1 saturated heterocycles. The van der Waals surface area contributed by atoms with Crippen LogP contribution in [0.2, 0.25) is 0 Å². The lowest BCUT2D eigenvalue weighted by Crippen LogP contribution is -2.39. The molecule has 1 aliphatic heterocycles. The summed E-state index contributed by atoms with van der Waals surface area (Å²) < 4.78 is 3.29. The normalized spacial score (nSPS) is 17.2. The van der Waals surface area contributed by atoms with Crippen LogP contribution in [0.15, 0.2) is 23.5 Å². The van der Waals surface area contributed by atoms with Crippen LogP contribution in [0.25, 0.3) is 5.65 Å². The number of amides is 1. The van der Waals surface area contributed by atoms with E-state index in [9.17, 15) is 9.59 Å². The Morgan fingerprint density at radius 3 is 3.00 bits per heavy atom. The summed E-state index contributed by atoms with van der Waals surface area (Å²) in [4.78, 5) is 35.8. The van der Waals surface area contributed by atoms with Crippen LogP contribution in [0.1, 0.15) is 55.5 Å². The third kappa shape index (κ3) is 3.94. The second kappa shape index (κ2) is 8.18. The molecule has 3 aromatic heterocycles. The van der Waals surface area contributed by atoms with Crippen LogP contribution in [0, 0.1) is 6.92 Å². The van der Waals surface area contributed by atoms with Crippen molar-refractivity contribution in [3.63, 3.8) is 0 Å². The van der Waals surface area contributed by atoms with Crippen LogP contribution in [-0.2, 0) is 17.8 Å². The molecule has 154 valence electrons. The molecule has 1 unspecified atom stereocenters. The van der Waals surface area contributed by atoms with Gasteiger partial charge in [-0.1, -0.05) is 6.92 Å². The highest BCUT2D eigenvalue weighted by Gasteiger charge is 2.26. The first-order valence-electron chi connectivity index (χ1n) is 10.3. The minimum atomic E-state index is -0.0295. The molecule has 1 N–H and O–H groups in total. The van der Waals surface area contributed by atoms with E-state index in [0.29, 0.717) is 31.6 Å². The number of H-pyrrole nitrogens is 1. The van der Waals surface area contributed by atoms with Crippen molar-refractivity contribution >= 4 is 11.6 Å². The summed E-state index contributed by atoms with van der Waals surface area (Å²) in [5, 5.41) is 7.31. The summed E-state index contributed by atoms with van der Waals surface area (Å²) in [5.41, 5.74) is 3.12. The van der Waals surface area contributed by atoms with Gasteiger partial charge in [-0.25, -0.2) is 14.5 Å². The van der Waals surface area contributed by atoms with E-state index >= 15 is 0 Å². The van der Waals surface area contributed by atoms with Gasteiger partial charge in [-0.2, -0.15) is 5.10 Å². The summed E-state index contributed by atoms with van der Waals surface area (Å²) in [5.74, 6) is 0.361. The van der Waals surface area contributed by atoms with E-state index in [0.717, 1.165) is 42.8 Å². The van der Waals surface area contributed by atoms with Gasteiger partial charge in [0.15, 0.2) is 5.65 Å². The van der Waals surface area contributed by atoms with Crippen molar-refractivity contribution in [1.82, 2.24) is 34.3 Å². The number of piperidine rings is 1. The van der Waals surface area contributed by atoms with Crippen LogP contribution in [0.3, 0.4) is 0 Å². The molecule has 29 heavy (non-hydrogen) atoms. The molecule has 0 bridgehead atoms. The molecule has 0 aromatic carbocycles. The molecule has 3 aromatic rings. The van der Waals surface area contributed by atoms with Crippen molar-refractivity contribution in [2.45, 2.75) is 58.4 Å². The first-order valence-corrected chi connectivity index (χ1v) is 10.3. The predicted molar refractivity (Wildman–Crippen MR) is 108 cm³/mol. The van der Waals surface area contributed by atoms with Crippen molar-refractivity contribution in [2.75, 3.05) is 13.1 Å². The first-order chi connectivity index (χ1) is 14.1. The van der Waals surface area contributed by atoms with Crippen LogP contribution < -0.4 is 5.56 Å². The van der Waals surface area contributed by atoms with Crippen LogP contribution in [-0.4, -0.2) is 53.3 Å². The molecular formula is C20H27N7O2. The first kappa shape index (κ1) is 19.4. The maximum absolute atomic E-state index is 12.7. The molecule has 9 heteroatoms. The van der Waals surface area contributed by atoms with Gasteiger partial charge < -0.3 is 4.90 Å². The number of aromatic nitrogens is 6. The number of carbonyl (C=O) groups is 1. The summed E-state index contributed by atoms with van der Waals surface area (Å²) in [6.07, 6.45) is 7.02. The number of carbonyl (C=O) groups excluding carboxylic acids is 1. The highest BCUT2D eigenvalue weighted by atomic mass is 16.2. The summed E-state index contributed by atoms with van der Waals surface area (Å²) in [7, 11) is 0. The zero-order valence-corrected chi connectivity index (χ0v) is 17.0. The van der Waals surface area contributed by atoms with E-state index in [-0.39, 0.29) is 17.4 Å². The molecule has 1 amide bonds. The zero-order chi connectivity index (χ0) is 20.4. The smallest absolute Gasteiger partial charge is 0.276 e. The Balaban J connectivity index is 1.44. The van der Waals surface area contributed by atoms with E-state index in [4.69, 9.17) is 0 Å². The highest BCUT2D eigenvalue weighted by Crippen LogP contribution is 2.27. The van der Waals surface area contributed by atoms with Gasteiger partial charge >= 0.3 is 0 Å². The van der Waals surface area contributed by atoms with E-state index in [1.807, 2.05) is 24.8 Å².